The van der Waals surface area contributed by atoms with Gasteiger partial charge in [-0.25, -0.2) is 0 Å². The van der Waals surface area contributed by atoms with Crippen LogP contribution in [0.2, 0.25) is 5.02 Å². The lowest BCUT2D eigenvalue weighted by Crippen LogP contribution is -2.31. The molecule has 0 radical (unpaired) electrons. The minimum Gasteiger partial charge on any atom is -0.331 e. The number of carbonyl (C=O) groups is 1. The monoisotopic (exact) mass is 361 g/mol. The van der Waals surface area contributed by atoms with Crippen molar-refractivity contribution in [2.75, 3.05) is 13.1 Å². The van der Waals surface area contributed by atoms with Gasteiger partial charge in [0.25, 0.3) is 5.91 Å². The molecular weight excluding hydrogens is 349 g/mol. The molecule has 1 amide bonds. The molecule has 1 rings (SSSR count). The van der Waals surface area contributed by atoms with Crippen LogP contribution in [-0.2, 0) is 0 Å². The molecule has 0 aromatic heterocycles. The van der Waals surface area contributed by atoms with Gasteiger partial charge >= 0.3 is 0 Å². The predicted molar refractivity (Wildman–Crippen MR) is 80.5 cm³/mol. The van der Waals surface area contributed by atoms with Gasteiger partial charge in [-0.05, 0) is 40.8 Å². The topological polar surface area (TPSA) is 20.3 Å². The first kappa shape index (κ1) is 14.3. The highest BCUT2D eigenvalue weighted by Gasteiger charge is 2.14. The van der Waals surface area contributed by atoms with E-state index in [4.69, 9.17) is 11.6 Å². The van der Waals surface area contributed by atoms with Crippen LogP contribution in [0.5, 0.6) is 0 Å². The zero-order valence-corrected chi connectivity index (χ0v) is 12.2. The third-order valence-corrected chi connectivity index (χ3v) is 3.72. The summed E-state index contributed by atoms with van der Waals surface area (Å²) in [6, 6.07) is 5.29. The Hall–Kier alpha value is -0.810. The molecular formula is C13H13ClINO. The van der Waals surface area contributed by atoms with E-state index < -0.39 is 0 Å². The first-order valence-corrected chi connectivity index (χ1v) is 6.52. The Morgan fingerprint density at radius 2 is 1.94 bits per heavy atom. The van der Waals surface area contributed by atoms with Crippen molar-refractivity contribution in [1.82, 2.24) is 4.90 Å². The lowest BCUT2D eigenvalue weighted by atomic mass is 10.2. The fraction of sp³-hybridized carbons (Fsp3) is 0.154. The molecule has 0 aliphatic heterocycles. The standard InChI is InChI=1S/C13H13ClINO/c1-3-7-16(8-4-2)13(17)10-5-6-12(15)11(14)9-10/h3-6,9H,1-2,7-8H2. The first-order valence-electron chi connectivity index (χ1n) is 5.06. The maximum atomic E-state index is 12.2. The molecule has 0 bridgehead atoms. The summed E-state index contributed by atoms with van der Waals surface area (Å²) in [5.41, 5.74) is 0.583. The van der Waals surface area contributed by atoms with Crippen molar-refractivity contribution >= 4 is 40.1 Å². The van der Waals surface area contributed by atoms with Crippen LogP contribution in [0.4, 0.5) is 0 Å². The zero-order chi connectivity index (χ0) is 12.8. The summed E-state index contributed by atoms with van der Waals surface area (Å²) < 4.78 is 0.930. The molecule has 0 heterocycles. The number of hydrogen-bond donors (Lipinski definition) is 0. The Bertz CT molecular complexity index is 435. The second-order valence-corrected chi connectivity index (χ2v) is 4.99. The van der Waals surface area contributed by atoms with Crippen LogP contribution in [0.1, 0.15) is 10.4 Å². The van der Waals surface area contributed by atoms with E-state index in [2.05, 4.69) is 35.7 Å². The first-order chi connectivity index (χ1) is 8.10. The van der Waals surface area contributed by atoms with Gasteiger partial charge in [-0.1, -0.05) is 23.8 Å². The van der Waals surface area contributed by atoms with Crippen molar-refractivity contribution in [2.24, 2.45) is 0 Å². The lowest BCUT2D eigenvalue weighted by Gasteiger charge is -2.19. The van der Waals surface area contributed by atoms with Crippen LogP contribution in [0, 0.1) is 3.57 Å². The quantitative estimate of drug-likeness (QED) is 0.578. The maximum Gasteiger partial charge on any atom is 0.254 e. The fourth-order valence-corrected chi connectivity index (χ4v) is 1.88. The summed E-state index contributed by atoms with van der Waals surface area (Å²) >= 11 is 8.12. The highest BCUT2D eigenvalue weighted by Crippen LogP contribution is 2.20. The summed E-state index contributed by atoms with van der Waals surface area (Å²) in [6.45, 7) is 8.26. The zero-order valence-electron chi connectivity index (χ0n) is 9.33. The summed E-state index contributed by atoms with van der Waals surface area (Å²) in [5.74, 6) is -0.0666. The number of nitrogens with zero attached hydrogens (tertiary/aromatic N) is 1. The van der Waals surface area contributed by atoms with Gasteiger partial charge < -0.3 is 4.90 Å². The Labute approximate surface area is 120 Å². The fourth-order valence-electron chi connectivity index (χ4n) is 1.36. The van der Waals surface area contributed by atoms with Crippen molar-refractivity contribution < 1.29 is 4.79 Å². The molecule has 0 spiro atoms. The van der Waals surface area contributed by atoms with Crippen molar-refractivity contribution in [1.29, 1.82) is 0 Å². The molecule has 2 nitrogen and oxygen atoms in total. The number of halogens is 2. The van der Waals surface area contributed by atoms with E-state index in [1.165, 1.54) is 0 Å². The summed E-state index contributed by atoms with van der Waals surface area (Å²) in [7, 11) is 0. The van der Waals surface area contributed by atoms with Gasteiger partial charge in [-0.3, -0.25) is 4.79 Å². The molecule has 0 aliphatic rings. The SMILES string of the molecule is C=CCN(CC=C)C(=O)c1ccc(I)c(Cl)c1. The van der Waals surface area contributed by atoms with Gasteiger partial charge in [0.15, 0.2) is 0 Å². The third-order valence-electron chi connectivity index (χ3n) is 2.15. The number of hydrogen-bond acceptors (Lipinski definition) is 1. The van der Waals surface area contributed by atoms with Gasteiger partial charge in [-0.15, -0.1) is 13.2 Å². The third kappa shape index (κ3) is 3.85. The molecule has 1 aromatic rings. The van der Waals surface area contributed by atoms with Crippen LogP contribution in [0.25, 0.3) is 0 Å². The number of carbonyl (C=O) groups excluding carboxylic acids is 1. The second kappa shape index (κ2) is 6.81. The predicted octanol–water partition coefficient (Wildman–Crippen LogP) is 3.76. The van der Waals surface area contributed by atoms with Crippen molar-refractivity contribution in [2.45, 2.75) is 0 Å². The maximum absolute atomic E-state index is 12.2. The van der Waals surface area contributed by atoms with Gasteiger partial charge in [0, 0.05) is 22.2 Å². The van der Waals surface area contributed by atoms with Gasteiger partial charge in [0.05, 0.1) is 5.02 Å². The van der Waals surface area contributed by atoms with Gasteiger partial charge in [-0.2, -0.15) is 0 Å². The van der Waals surface area contributed by atoms with Crippen LogP contribution in [0.3, 0.4) is 0 Å². The van der Waals surface area contributed by atoms with E-state index in [1.807, 2.05) is 6.07 Å². The van der Waals surface area contributed by atoms with Crippen LogP contribution < -0.4 is 0 Å². The van der Waals surface area contributed by atoms with E-state index in [0.717, 1.165) is 3.57 Å². The Morgan fingerprint density at radius 3 is 2.41 bits per heavy atom. The Morgan fingerprint density at radius 1 is 1.35 bits per heavy atom. The molecule has 0 aliphatic carbocycles. The second-order valence-electron chi connectivity index (χ2n) is 3.42. The van der Waals surface area contributed by atoms with Crippen LogP contribution in [0.15, 0.2) is 43.5 Å². The molecule has 0 fully saturated rings. The average molecular weight is 362 g/mol. The number of amides is 1. The van der Waals surface area contributed by atoms with Crippen molar-refractivity contribution in [3.8, 4) is 0 Å². The molecule has 0 atom stereocenters. The number of rotatable bonds is 5. The van der Waals surface area contributed by atoms with Crippen molar-refractivity contribution in [3.63, 3.8) is 0 Å². The minimum absolute atomic E-state index is 0.0666. The molecule has 4 heteroatoms. The highest BCUT2D eigenvalue weighted by atomic mass is 127. The van der Waals surface area contributed by atoms with E-state index in [-0.39, 0.29) is 5.91 Å². The molecule has 17 heavy (non-hydrogen) atoms. The van der Waals surface area contributed by atoms with E-state index in [0.29, 0.717) is 23.7 Å². The summed E-state index contributed by atoms with van der Waals surface area (Å²) in [4.78, 5) is 13.8. The van der Waals surface area contributed by atoms with Crippen molar-refractivity contribution in [3.05, 3.63) is 57.7 Å². The molecule has 0 saturated carbocycles. The molecule has 0 N–H and O–H groups in total. The average Bonchev–Trinajstić information content (AvgIpc) is 2.31. The Balaban J connectivity index is 2.95. The molecule has 0 unspecified atom stereocenters. The molecule has 1 aromatic carbocycles. The summed E-state index contributed by atoms with van der Waals surface area (Å²) in [5, 5.41) is 0.591. The molecule has 90 valence electrons. The van der Waals surface area contributed by atoms with E-state index in [9.17, 15) is 4.79 Å². The van der Waals surface area contributed by atoms with E-state index in [1.54, 1.807) is 29.2 Å². The largest absolute Gasteiger partial charge is 0.331 e. The normalized spacial score (nSPS) is 9.76. The molecule has 0 saturated heterocycles. The van der Waals surface area contributed by atoms with Gasteiger partial charge in [0.2, 0.25) is 0 Å². The van der Waals surface area contributed by atoms with Gasteiger partial charge in [0.1, 0.15) is 0 Å². The number of benzene rings is 1. The van der Waals surface area contributed by atoms with Crippen LogP contribution >= 0.6 is 34.2 Å². The Kier molecular flexibility index (Phi) is 5.71. The highest BCUT2D eigenvalue weighted by molar-refractivity contribution is 14.1. The van der Waals surface area contributed by atoms with E-state index >= 15 is 0 Å². The lowest BCUT2D eigenvalue weighted by molar-refractivity contribution is 0.0791. The van der Waals surface area contributed by atoms with Crippen LogP contribution in [-0.4, -0.2) is 23.9 Å². The summed E-state index contributed by atoms with van der Waals surface area (Å²) in [6.07, 6.45) is 3.38. The smallest absolute Gasteiger partial charge is 0.254 e. The minimum atomic E-state index is -0.0666.